The van der Waals surface area contributed by atoms with Crippen molar-refractivity contribution in [3.63, 3.8) is 0 Å². The number of halogens is 1. The Morgan fingerprint density at radius 2 is 1.89 bits per heavy atom. The molecule has 0 saturated carbocycles. The molecule has 2 heterocycles. The fourth-order valence-corrected chi connectivity index (χ4v) is 3.24. The van der Waals surface area contributed by atoms with Crippen molar-refractivity contribution in [2.75, 3.05) is 11.4 Å². The topological polar surface area (TPSA) is 72.3 Å². The Bertz CT molecular complexity index is 1110. The maximum absolute atomic E-state index is 13.2. The summed E-state index contributed by atoms with van der Waals surface area (Å²) < 4.78 is 14.5. The second kappa shape index (κ2) is 6.75. The molecule has 1 saturated heterocycles. The molecule has 1 amide bonds. The third-order valence-electron chi connectivity index (χ3n) is 4.68. The number of aromatic nitrogens is 2. The van der Waals surface area contributed by atoms with Crippen LogP contribution in [-0.2, 0) is 11.3 Å². The number of ketones is 1. The highest BCUT2D eigenvalue weighted by Crippen LogP contribution is 2.21. The number of carbonyl (C=O) groups is 2. The average molecular weight is 365 g/mol. The van der Waals surface area contributed by atoms with Gasteiger partial charge in [0.2, 0.25) is 5.91 Å². The number of rotatable bonds is 4. The minimum absolute atomic E-state index is 0.0827. The standard InChI is InChI=1S/C20H16FN3O3/c21-14-5-8-16-17(10-14)22-12-23(20(16)27)11-18(25)13-3-6-15(7-4-13)24-9-1-2-19(24)26/h3-8,10,12H,1-2,9,11H2. The maximum Gasteiger partial charge on any atom is 0.261 e. The van der Waals surface area contributed by atoms with Crippen LogP contribution in [0.4, 0.5) is 10.1 Å². The Kier molecular flexibility index (Phi) is 4.27. The molecular formula is C20H16FN3O3. The first-order valence-electron chi connectivity index (χ1n) is 8.61. The van der Waals surface area contributed by atoms with Gasteiger partial charge in [0.15, 0.2) is 5.78 Å². The predicted octanol–water partition coefficient (Wildman–Crippen LogP) is 2.55. The smallest absolute Gasteiger partial charge is 0.261 e. The summed E-state index contributed by atoms with van der Waals surface area (Å²) in [7, 11) is 0. The molecular weight excluding hydrogens is 349 g/mol. The van der Waals surface area contributed by atoms with Gasteiger partial charge in [-0.05, 0) is 42.8 Å². The van der Waals surface area contributed by atoms with Crippen LogP contribution in [0.2, 0.25) is 0 Å². The normalized spacial score (nSPS) is 14.1. The van der Waals surface area contributed by atoms with Crippen LogP contribution in [-0.4, -0.2) is 27.8 Å². The molecule has 1 aromatic heterocycles. The first-order chi connectivity index (χ1) is 13.0. The van der Waals surface area contributed by atoms with Crippen molar-refractivity contribution >= 4 is 28.3 Å². The Morgan fingerprint density at radius 1 is 1.11 bits per heavy atom. The second-order valence-corrected chi connectivity index (χ2v) is 6.46. The van der Waals surface area contributed by atoms with Crippen molar-refractivity contribution < 1.29 is 14.0 Å². The molecule has 0 unspecified atom stereocenters. The zero-order chi connectivity index (χ0) is 19.0. The number of nitrogens with zero attached hydrogens (tertiary/aromatic N) is 3. The lowest BCUT2D eigenvalue weighted by Crippen LogP contribution is -2.25. The van der Waals surface area contributed by atoms with Gasteiger partial charge in [-0.25, -0.2) is 9.37 Å². The molecule has 1 fully saturated rings. The van der Waals surface area contributed by atoms with E-state index in [-0.39, 0.29) is 29.1 Å². The van der Waals surface area contributed by atoms with E-state index in [4.69, 9.17) is 0 Å². The van der Waals surface area contributed by atoms with E-state index in [2.05, 4.69) is 4.98 Å². The molecule has 0 radical (unpaired) electrons. The Balaban J connectivity index is 1.56. The first kappa shape index (κ1) is 17.1. The van der Waals surface area contributed by atoms with Gasteiger partial charge in [-0.3, -0.25) is 19.0 Å². The predicted molar refractivity (Wildman–Crippen MR) is 98.3 cm³/mol. The lowest BCUT2D eigenvalue weighted by molar-refractivity contribution is -0.117. The molecule has 0 aliphatic carbocycles. The molecule has 3 aromatic rings. The zero-order valence-electron chi connectivity index (χ0n) is 14.4. The van der Waals surface area contributed by atoms with Crippen LogP contribution in [0, 0.1) is 5.82 Å². The van der Waals surface area contributed by atoms with E-state index in [0.717, 1.165) is 12.1 Å². The second-order valence-electron chi connectivity index (χ2n) is 6.46. The SMILES string of the molecule is O=C(Cn1cnc2cc(F)ccc2c1=O)c1ccc(N2CCCC2=O)cc1. The number of hydrogen-bond acceptors (Lipinski definition) is 4. The summed E-state index contributed by atoms with van der Waals surface area (Å²) in [4.78, 5) is 42.5. The van der Waals surface area contributed by atoms with Crippen molar-refractivity contribution in [1.82, 2.24) is 9.55 Å². The number of fused-ring (bicyclic) bond motifs is 1. The van der Waals surface area contributed by atoms with E-state index in [0.29, 0.717) is 18.5 Å². The molecule has 136 valence electrons. The number of benzene rings is 2. The summed E-state index contributed by atoms with van der Waals surface area (Å²) in [6.07, 6.45) is 2.63. The quantitative estimate of drug-likeness (QED) is 0.666. The van der Waals surface area contributed by atoms with Gasteiger partial charge >= 0.3 is 0 Å². The van der Waals surface area contributed by atoms with Crippen LogP contribution in [0.5, 0.6) is 0 Å². The molecule has 27 heavy (non-hydrogen) atoms. The highest BCUT2D eigenvalue weighted by molar-refractivity contribution is 5.98. The van der Waals surface area contributed by atoms with Crippen LogP contribution in [0.3, 0.4) is 0 Å². The molecule has 0 N–H and O–H groups in total. The fourth-order valence-electron chi connectivity index (χ4n) is 3.24. The van der Waals surface area contributed by atoms with Gasteiger partial charge in [0.1, 0.15) is 5.82 Å². The van der Waals surface area contributed by atoms with Gasteiger partial charge < -0.3 is 4.90 Å². The Hall–Kier alpha value is -3.35. The molecule has 6 nitrogen and oxygen atoms in total. The average Bonchev–Trinajstić information content (AvgIpc) is 3.10. The molecule has 1 aliphatic rings. The largest absolute Gasteiger partial charge is 0.312 e. The van der Waals surface area contributed by atoms with Gasteiger partial charge in [0.25, 0.3) is 5.56 Å². The molecule has 1 aliphatic heterocycles. The highest BCUT2D eigenvalue weighted by Gasteiger charge is 2.21. The van der Waals surface area contributed by atoms with Gasteiger partial charge in [-0.1, -0.05) is 0 Å². The fraction of sp³-hybridized carbons (Fsp3) is 0.200. The molecule has 0 atom stereocenters. The minimum atomic E-state index is -0.472. The number of hydrogen-bond donors (Lipinski definition) is 0. The summed E-state index contributed by atoms with van der Waals surface area (Å²) in [5.74, 6) is -0.640. The van der Waals surface area contributed by atoms with Crippen LogP contribution >= 0.6 is 0 Å². The molecule has 7 heteroatoms. The summed E-state index contributed by atoms with van der Waals surface area (Å²) >= 11 is 0. The lowest BCUT2D eigenvalue weighted by Gasteiger charge is -2.15. The van der Waals surface area contributed by atoms with Crippen LogP contribution in [0.25, 0.3) is 10.9 Å². The maximum atomic E-state index is 13.2. The van der Waals surface area contributed by atoms with Crippen molar-refractivity contribution in [2.24, 2.45) is 0 Å². The third-order valence-corrected chi connectivity index (χ3v) is 4.68. The van der Waals surface area contributed by atoms with E-state index >= 15 is 0 Å². The van der Waals surface area contributed by atoms with E-state index < -0.39 is 11.4 Å². The molecule has 2 aromatic carbocycles. The molecule has 0 spiro atoms. The Labute approximate surface area is 153 Å². The molecule has 0 bridgehead atoms. The Morgan fingerprint density at radius 3 is 2.59 bits per heavy atom. The number of amides is 1. The molecule has 4 rings (SSSR count). The summed E-state index contributed by atoms with van der Waals surface area (Å²) in [5.41, 5.74) is 1.06. The third kappa shape index (κ3) is 3.23. The van der Waals surface area contributed by atoms with Crippen LogP contribution in [0.15, 0.2) is 53.6 Å². The summed E-state index contributed by atoms with van der Waals surface area (Å²) in [6, 6.07) is 10.5. The minimum Gasteiger partial charge on any atom is -0.312 e. The van der Waals surface area contributed by atoms with Gasteiger partial charge in [0, 0.05) is 30.3 Å². The van der Waals surface area contributed by atoms with Crippen LogP contribution < -0.4 is 10.5 Å². The van der Waals surface area contributed by atoms with Crippen molar-refractivity contribution in [3.05, 3.63) is 70.5 Å². The number of Topliss-reactive ketones (excluding diaryl/α,β-unsaturated/α-hetero) is 1. The van der Waals surface area contributed by atoms with Crippen LogP contribution in [0.1, 0.15) is 23.2 Å². The summed E-state index contributed by atoms with van der Waals surface area (Å²) in [5, 5.41) is 0.259. The van der Waals surface area contributed by atoms with E-state index in [1.54, 1.807) is 29.2 Å². The van der Waals surface area contributed by atoms with E-state index in [1.807, 2.05) is 0 Å². The van der Waals surface area contributed by atoms with Gasteiger partial charge in [-0.15, -0.1) is 0 Å². The van der Waals surface area contributed by atoms with Crippen molar-refractivity contribution in [2.45, 2.75) is 19.4 Å². The van der Waals surface area contributed by atoms with Gasteiger partial charge in [0.05, 0.1) is 23.8 Å². The zero-order valence-corrected chi connectivity index (χ0v) is 14.4. The monoisotopic (exact) mass is 365 g/mol. The summed E-state index contributed by atoms with van der Waals surface area (Å²) in [6.45, 7) is 0.520. The lowest BCUT2D eigenvalue weighted by atomic mass is 10.1. The first-order valence-corrected chi connectivity index (χ1v) is 8.61. The van der Waals surface area contributed by atoms with Gasteiger partial charge in [-0.2, -0.15) is 0 Å². The van der Waals surface area contributed by atoms with E-state index in [1.165, 1.54) is 29.1 Å². The van der Waals surface area contributed by atoms with E-state index in [9.17, 15) is 18.8 Å². The highest BCUT2D eigenvalue weighted by atomic mass is 19.1. The van der Waals surface area contributed by atoms with Crippen molar-refractivity contribution in [3.8, 4) is 0 Å². The van der Waals surface area contributed by atoms with Crippen molar-refractivity contribution in [1.29, 1.82) is 0 Å². The number of anilines is 1. The number of carbonyl (C=O) groups excluding carboxylic acids is 2.